The summed E-state index contributed by atoms with van der Waals surface area (Å²) in [5, 5.41) is 3.84. The second kappa shape index (κ2) is 5.46. The van der Waals surface area contributed by atoms with E-state index >= 15 is 0 Å². The first-order valence-corrected chi connectivity index (χ1v) is 5.99. The van der Waals surface area contributed by atoms with E-state index in [9.17, 15) is 4.39 Å². The van der Waals surface area contributed by atoms with Crippen LogP contribution in [0.25, 0.3) is 6.08 Å². The molecule has 1 aromatic rings. The minimum atomic E-state index is -0.283. The summed E-state index contributed by atoms with van der Waals surface area (Å²) in [7, 11) is 0. The van der Waals surface area contributed by atoms with Gasteiger partial charge in [-0.15, -0.1) is 0 Å². The van der Waals surface area contributed by atoms with Gasteiger partial charge in [0.2, 0.25) is 0 Å². The number of benzene rings is 1. The fourth-order valence-electron chi connectivity index (χ4n) is 1.92. The molecule has 16 heavy (non-hydrogen) atoms. The Kier molecular flexibility index (Phi) is 3.97. The highest BCUT2D eigenvalue weighted by atomic mass is 35.5. The maximum absolute atomic E-state index is 12.9. The summed E-state index contributed by atoms with van der Waals surface area (Å²) in [6.07, 6.45) is 5.40. The van der Waals surface area contributed by atoms with E-state index in [0.717, 1.165) is 37.9 Å². The van der Waals surface area contributed by atoms with Crippen LogP contribution in [-0.4, -0.2) is 13.1 Å². The minimum Gasteiger partial charge on any atom is -0.316 e. The van der Waals surface area contributed by atoms with Gasteiger partial charge < -0.3 is 5.32 Å². The van der Waals surface area contributed by atoms with Crippen molar-refractivity contribution in [3.63, 3.8) is 0 Å². The van der Waals surface area contributed by atoms with E-state index in [1.807, 2.05) is 0 Å². The van der Waals surface area contributed by atoms with E-state index < -0.39 is 0 Å². The van der Waals surface area contributed by atoms with Gasteiger partial charge in [-0.05, 0) is 50.0 Å². The lowest BCUT2D eigenvalue weighted by Crippen LogP contribution is -2.13. The maximum Gasteiger partial charge on any atom is 0.124 e. The molecule has 3 heteroatoms. The normalized spacial score (nSPS) is 19.8. The van der Waals surface area contributed by atoms with E-state index in [4.69, 9.17) is 11.6 Å². The monoisotopic (exact) mass is 239 g/mol. The van der Waals surface area contributed by atoms with Gasteiger partial charge in [-0.25, -0.2) is 4.39 Å². The van der Waals surface area contributed by atoms with Crippen LogP contribution in [0.15, 0.2) is 23.8 Å². The van der Waals surface area contributed by atoms with Crippen molar-refractivity contribution in [2.75, 3.05) is 13.1 Å². The molecule has 1 aliphatic heterocycles. The van der Waals surface area contributed by atoms with Crippen LogP contribution in [0.3, 0.4) is 0 Å². The molecule has 1 heterocycles. The molecule has 0 aliphatic carbocycles. The van der Waals surface area contributed by atoms with Gasteiger partial charge in [0.15, 0.2) is 0 Å². The lowest BCUT2D eigenvalue weighted by Gasteiger charge is -2.04. The fourth-order valence-corrected chi connectivity index (χ4v) is 2.14. The van der Waals surface area contributed by atoms with Gasteiger partial charge in [-0.2, -0.15) is 0 Å². The lowest BCUT2D eigenvalue weighted by molar-refractivity contribution is 0.628. The second-order valence-corrected chi connectivity index (χ2v) is 4.48. The predicted molar refractivity (Wildman–Crippen MR) is 66.1 cm³/mol. The summed E-state index contributed by atoms with van der Waals surface area (Å²) in [5.41, 5.74) is 2.30. The third-order valence-corrected chi connectivity index (χ3v) is 3.12. The van der Waals surface area contributed by atoms with E-state index in [1.54, 1.807) is 6.07 Å². The molecule has 0 radical (unpaired) electrons. The molecule has 1 N–H and O–H groups in total. The first-order chi connectivity index (χ1) is 7.75. The number of rotatable bonds is 1. The van der Waals surface area contributed by atoms with Crippen molar-refractivity contribution in [2.24, 2.45) is 0 Å². The molecular weight excluding hydrogens is 225 g/mol. The van der Waals surface area contributed by atoms with E-state index in [1.165, 1.54) is 17.7 Å². The average Bonchev–Trinajstić information content (AvgIpc) is 2.51. The molecule has 0 unspecified atom stereocenters. The summed E-state index contributed by atoms with van der Waals surface area (Å²) < 4.78 is 12.9. The Morgan fingerprint density at radius 3 is 2.94 bits per heavy atom. The van der Waals surface area contributed by atoms with Crippen LogP contribution < -0.4 is 5.32 Å². The van der Waals surface area contributed by atoms with Gasteiger partial charge >= 0.3 is 0 Å². The van der Waals surface area contributed by atoms with Gasteiger partial charge in [-0.3, -0.25) is 0 Å². The summed E-state index contributed by atoms with van der Waals surface area (Å²) >= 11 is 5.99. The molecule has 0 saturated carbocycles. The summed E-state index contributed by atoms with van der Waals surface area (Å²) in [5.74, 6) is -0.283. The Bertz CT molecular complexity index is 391. The Hall–Kier alpha value is -0.860. The average molecular weight is 240 g/mol. The van der Waals surface area contributed by atoms with Crippen molar-refractivity contribution in [2.45, 2.75) is 19.3 Å². The van der Waals surface area contributed by atoms with E-state index in [-0.39, 0.29) is 5.82 Å². The Balaban J connectivity index is 2.20. The fraction of sp³-hybridized carbons (Fsp3) is 0.385. The largest absolute Gasteiger partial charge is 0.316 e. The first kappa shape index (κ1) is 11.6. The Labute approximate surface area is 100 Å². The Morgan fingerprint density at radius 1 is 1.25 bits per heavy atom. The van der Waals surface area contributed by atoms with Crippen molar-refractivity contribution < 1.29 is 4.39 Å². The topological polar surface area (TPSA) is 12.0 Å². The van der Waals surface area contributed by atoms with Crippen molar-refractivity contribution in [3.8, 4) is 0 Å². The molecule has 1 aliphatic rings. The number of halogens is 2. The standard InChI is InChI=1S/C13H15ClFN/c14-13-9-12(15)4-3-11(13)8-10-2-1-6-16-7-5-10/h3-4,8-9,16H,1-2,5-7H2/b10-8-. The molecule has 1 fully saturated rings. The molecule has 0 bridgehead atoms. The van der Waals surface area contributed by atoms with Crippen LogP contribution >= 0.6 is 11.6 Å². The highest BCUT2D eigenvalue weighted by Gasteiger charge is 2.05. The molecule has 0 atom stereocenters. The van der Waals surface area contributed by atoms with E-state index in [0.29, 0.717) is 5.02 Å². The van der Waals surface area contributed by atoms with Gasteiger partial charge in [0.1, 0.15) is 5.82 Å². The second-order valence-electron chi connectivity index (χ2n) is 4.07. The zero-order valence-electron chi connectivity index (χ0n) is 9.10. The van der Waals surface area contributed by atoms with Gasteiger partial charge in [-0.1, -0.05) is 29.3 Å². The summed E-state index contributed by atoms with van der Waals surface area (Å²) in [6, 6.07) is 4.55. The molecule has 0 spiro atoms. The zero-order valence-corrected chi connectivity index (χ0v) is 9.86. The molecule has 0 amide bonds. The Morgan fingerprint density at radius 2 is 2.12 bits per heavy atom. The van der Waals surface area contributed by atoms with Crippen LogP contribution in [0.1, 0.15) is 24.8 Å². The molecule has 86 valence electrons. The minimum absolute atomic E-state index is 0.283. The van der Waals surface area contributed by atoms with Crippen molar-refractivity contribution in [3.05, 3.63) is 40.2 Å². The van der Waals surface area contributed by atoms with Crippen LogP contribution in [0.2, 0.25) is 5.02 Å². The summed E-state index contributed by atoms with van der Waals surface area (Å²) in [6.45, 7) is 2.10. The van der Waals surface area contributed by atoms with E-state index in [2.05, 4.69) is 11.4 Å². The molecular formula is C13H15ClFN. The highest BCUT2D eigenvalue weighted by molar-refractivity contribution is 6.32. The molecule has 0 aromatic heterocycles. The third kappa shape index (κ3) is 3.06. The van der Waals surface area contributed by atoms with Crippen molar-refractivity contribution in [1.82, 2.24) is 5.32 Å². The quantitative estimate of drug-likeness (QED) is 0.789. The maximum atomic E-state index is 12.9. The lowest BCUT2D eigenvalue weighted by atomic mass is 10.0. The molecule has 2 rings (SSSR count). The number of nitrogens with one attached hydrogen (secondary N) is 1. The number of hydrogen-bond acceptors (Lipinski definition) is 1. The smallest absolute Gasteiger partial charge is 0.124 e. The SMILES string of the molecule is Fc1ccc(/C=C2/CCCNCC2)c(Cl)c1. The molecule has 1 saturated heterocycles. The third-order valence-electron chi connectivity index (χ3n) is 2.80. The molecule has 1 aromatic carbocycles. The predicted octanol–water partition coefficient (Wildman–Crippen LogP) is 3.64. The van der Waals surface area contributed by atoms with Crippen LogP contribution in [0.4, 0.5) is 4.39 Å². The van der Waals surface area contributed by atoms with Crippen LogP contribution in [0.5, 0.6) is 0 Å². The van der Waals surface area contributed by atoms with Gasteiger partial charge in [0, 0.05) is 0 Å². The van der Waals surface area contributed by atoms with Gasteiger partial charge in [0.25, 0.3) is 0 Å². The summed E-state index contributed by atoms with van der Waals surface area (Å²) in [4.78, 5) is 0. The highest BCUT2D eigenvalue weighted by Crippen LogP contribution is 2.23. The van der Waals surface area contributed by atoms with Crippen LogP contribution in [-0.2, 0) is 0 Å². The van der Waals surface area contributed by atoms with Crippen molar-refractivity contribution in [1.29, 1.82) is 0 Å². The van der Waals surface area contributed by atoms with Crippen molar-refractivity contribution >= 4 is 17.7 Å². The van der Waals surface area contributed by atoms with Crippen LogP contribution in [0, 0.1) is 5.82 Å². The number of hydrogen-bond donors (Lipinski definition) is 1. The first-order valence-electron chi connectivity index (χ1n) is 5.61. The van der Waals surface area contributed by atoms with Gasteiger partial charge in [0.05, 0.1) is 5.02 Å². The molecule has 1 nitrogen and oxygen atoms in total. The zero-order chi connectivity index (χ0) is 11.4.